The van der Waals surface area contributed by atoms with Gasteiger partial charge in [-0.3, -0.25) is 39.2 Å². The summed E-state index contributed by atoms with van der Waals surface area (Å²) in [7, 11) is 0. The van der Waals surface area contributed by atoms with Crippen LogP contribution in [0.25, 0.3) is 22.1 Å². The summed E-state index contributed by atoms with van der Waals surface area (Å²) in [5, 5.41) is 14.5. The van der Waals surface area contributed by atoms with Crippen LogP contribution in [0.5, 0.6) is 0 Å². The van der Waals surface area contributed by atoms with Crippen LogP contribution in [0.15, 0.2) is 59.1 Å². The number of amides is 4. The molecule has 6 aromatic rings. The second kappa shape index (κ2) is 14.0. The summed E-state index contributed by atoms with van der Waals surface area (Å²) in [5.41, 5.74) is 16.0. The van der Waals surface area contributed by atoms with Gasteiger partial charge in [-0.25, -0.2) is 9.97 Å². The topological polar surface area (TPSA) is 216 Å². The highest BCUT2D eigenvalue weighted by atomic mass is 79.9. The molecule has 4 heterocycles. The van der Waals surface area contributed by atoms with Crippen molar-refractivity contribution < 1.29 is 19.2 Å². The third-order valence-corrected chi connectivity index (χ3v) is 8.78. The molecule has 17 heteroatoms. The summed E-state index contributed by atoms with van der Waals surface area (Å²) in [4.78, 5) is 60.0. The molecule has 6 rings (SSSR count). The van der Waals surface area contributed by atoms with Crippen LogP contribution >= 0.6 is 15.9 Å². The van der Waals surface area contributed by atoms with Gasteiger partial charge in [0.2, 0.25) is 23.7 Å². The molecular formula is C34H35BrN12O4. The number of nitrogens with zero attached hydrogens (tertiary/aromatic N) is 8. The summed E-state index contributed by atoms with van der Waals surface area (Å²) >= 11 is 3.55. The number of allylic oxidation sites excluding steroid dienone is 2. The standard InChI is InChI=1S/C34H35BrN12O4/c1-5-46-26(13-18(3)42-46)31(50)40-33-38-23-16-20(29(36)48)9-10-25(23)44(33)11-7-8-12-45-28-22(35)15-21(30(37)49)17-24(28)39-34(45)41-32(51)27-14-19(4)43-47(27)6-2/h7-10,13-17H,5-6,11-12H2,1-4H3,(H2,36,48)(H2,37,49)(H,38,40,50)(H,39,41,51). The number of anilines is 2. The second-order valence-corrected chi connectivity index (χ2v) is 12.6. The fraction of sp³-hybridized carbons (Fsp3) is 0.235. The van der Waals surface area contributed by atoms with Crippen LogP contribution in [0.3, 0.4) is 0 Å². The van der Waals surface area contributed by atoms with E-state index in [1.54, 1.807) is 61.0 Å². The molecule has 0 saturated heterocycles. The van der Waals surface area contributed by atoms with E-state index in [1.165, 1.54) is 0 Å². The van der Waals surface area contributed by atoms with E-state index in [1.807, 2.05) is 39.8 Å². The van der Waals surface area contributed by atoms with E-state index >= 15 is 0 Å². The van der Waals surface area contributed by atoms with E-state index in [9.17, 15) is 19.2 Å². The third-order valence-electron chi connectivity index (χ3n) is 8.17. The van der Waals surface area contributed by atoms with Crippen molar-refractivity contribution in [1.29, 1.82) is 0 Å². The monoisotopic (exact) mass is 754 g/mol. The van der Waals surface area contributed by atoms with Crippen molar-refractivity contribution in [3.05, 3.63) is 93.0 Å². The van der Waals surface area contributed by atoms with Crippen LogP contribution in [0.2, 0.25) is 0 Å². The minimum Gasteiger partial charge on any atom is -0.366 e. The molecule has 0 spiro atoms. The van der Waals surface area contributed by atoms with Gasteiger partial charge in [0.25, 0.3) is 11.8 Å². The normalized spacial score (nSPS) is 11.5. The van der Waals surface area contributed by atoms with Crippen molar-refractivity contribution in [3.8, 4) is 0 Å². The van der Waals surface area contributed by atoms with Gasteiger partial charge in [0.05, 0.1) is 33.5 Å². The summed E-state index contributed by atoms with van der Waals surface area (Å²) in [6.07, 6.45) is 3.74. The summed E-state index contributed by atoms with van der Waals surface area (Å²) in [5.74, 6) is -1.51. The van der Waals surface area contributed by atoms with Gasteiger partial charge in [-0.05, 0) is 86.1 Å². The van der Waals surface area contributed by atoms with E-state index in [0.717, 1.165) is 0 Å². The van der Waals surface area contributed by atoms with E-state index in [0.29, 0.717) is 62.4 Å². The smallest absolute Gasteiger partial charge is 0.276 e. The molecule has 51 heavy (non-hydrogen) atoms. The minimum absolute atomic E-state index is 0.242. The number of aryl methyl sites for hydroxylation is 4. The summed E-state index contributed by atoms with van der Waals surface area (Å²) in [6, 6.07) is 11.5. The Morgan fingerprint density at radius 1 is 0.725 bits per heavy atom. The Morgan fingerprint density at radius 2 is 1.24 bits per heavy atom. The Bertz CT molecular complexity index is 2400. The second-order valence-electron chi connectivity index (χ2n) is 11.7. The molecule has 262 valence electrons. The quantitative estimate of drug-likeness (QED) is 0.133. The van der Waals surface area contributed by atoms with Gasteiger partial charge in [0.15, 0.2) is 0 Å². The molecule has 4 aromatic heterocycles. The molecule has 0 atom stereocenters. The first-order valence-electron chi connectivity index (χ1n) is 16.0. The third kappa shape index (κ3) is 6.87. The molecule has 0 aliphatic carbocycles. The Kier molecular flexibility index (Phi) is 9.56. The predicted molar refractivity (Wildman–Crippen MR) is 195 cm³/mol. The Hall–Kier alpha value is -6.10. The molecule has 0 unspecified atom stereocenters. The fourth-order valence-corrected chi connectivity index (χ4v) is 6.49. The van der Waals surface area contributed by atoms with Crippen LogP contribution in [0, 0.1) is 13.8 Å². The SMILES string of the molecule is CCn1nc(C)cc1C(=O)Nc1nc2cc(C(N)=O)ccc2n1CC=CCn1c(NC(=O)c2cc(C)nn2CC)nc2cc(C(N)=O)cc(Br)c21. The predicted octanol–water partition coefficient (Wildman–Crippen LogP) is 4.16. The first-order chi connectivity index (χ1) is 24.4. The number of nitrogens with one attached hydrogen (secondary N) is 2. The van der Waals surface area contributed by atoms with Crippen LogP contribution in [-0.2, 0) is 26.2 Å². The van der Waals surface area contributed by atoms with Crippen LogP contribution in [0.1, 0.15) is 66.9 Å². The zero-order valence-electron chi connectivity index (χ0n) is 28.3. The molecule has 0 radical (unpaired) electrons. The highest BCUT2D eigenvalue weighted by Gasteiger charge is 2.21. The number of hydrogen-bond acceptors (Lipinski definition) is 8. The van der Waals surface area contributed by atoms with Gasteiger partial charge in [0.1, 0.15) is 11.4 Å². The average Bonchev–Trinajstić information content (AvgIpc) is 3.85. The highest BCUT2D eigenvalue weighted by molar-refractivity contribution is 9.10. The lowest BCUT2D eigenvalue weighted by Gasteiger charge is -2.11. The number of halogens is 1. The van der Waals surface area contributed by atoms with Gasteiger partial charge in [-0.2, -0.15) is 10.2 Å². The number of imidazole rings is 2. The fourth-order valence-electron chi connectivity index (χ4n) is 5.83. The summed E-state index contributed by atoms with van der Waals surface area (Å²) < 4.78 is 7.36. The molecule has 0 fully saturated rings. The number of rotatable bonds is 12. The Morgan fingerprint density at radius 3 is 1.78 bits per heavy atom. The maximum Gasteiger partial charge on any atom is 0.276 e. The molecular weight excluding hydrogens is 720 g/mol. The lowest BCUT2D eigenvalue weighted by atomic mass is 10.2. The highest BCUT2D eigenvalue weighted by Crippen LogP contribution is 2.30. The first kappa shape index (κ1) is 34.8. The average molecular weight is 756 g/mol. The van der Waals surface area contributed by atoms with E-state index in [2.05, 4.69) is 46.7 Å². The lowest BCUT2D eigenvalue weighted by Crippen LogP contribution is -2.20. The number of aromatic nitrogens is 8. The number of primary amides is 2. The Labute approximate surface area is 299 Å². The van der Waals surface area contributed by atoms with Gasteiger partial charge in [0, 0.05) is 41.8 Å². The molecule has 6 N–H and O–H groups in total. The van der Waals surface area contributed by atoms with Crippen LogP contribution in [-0.4, -0.2) is 62.3 Å². The maximum atomic E-state index is 13.4. The first-order valence-corrected chi connectivity index (χ1v) is 16.8. The van der Waals surface area contributed by atoms with Crippen LogP contribution < -0.4 is 22.1 Å². The number of fused-ring (bicyclic) bond motifs is 2. The van der Waals surface area contributed by atoms with Gasteiger partial charge in [-0.1, -0.05) is 12.2 Å². The van der Waals surface area contributed by atoms with Crippen molar-refractivity contribution in [2.45, 2.75) is 53.9 Å². The number of benzene rings is 2. The Balaban J connectivity index is 1.34. The van der Waals surface area contributed by atoms with Gasteiger partial charge < -0.3 is 20.6 Å². The molecule has 4 amide bonds. The van der Waals surface area contributed by atoms with Gasteiger partial charge in [-0.15, -0.1) is 0 Å². The maximum absolute atomic E-state index is 13.4. The lowest BCUT2D eigenvalue weighted by molar-refractivity contribution is 0.0992. The van der Waals surface area contributed by atoms with Crippen molar-refractivity contribution in [1.82, 2.24) is 38.7 Å². The molecule has 0 bridgehead atoms. The number of hydrogen-bond donors (Lipinski definition) is 4. The van der Waals surface area contributed by atoms with Crippen molar-refractivity contribution in [3.63, 3.8) is 0 Å². The number of nitrogens with two attached hydrogens (primary N) is 2. The molecule has 0 aliphatic heterocycles. The van der Waals surface area contributed by atoms with E-state index in [-0.39, 0.29) is 36.1 Å². The van der Waals surface area contributed by atoms with E-state index in [4.69, 9.17) is 11.5 Å². The molecule has 2 aromatic carbocycles. The van der Waals surface area contributed by atoms with Crippen molar-refractivity contribution in [2.75, 3.05) is 10.6 Å². The van der Waals surface area contributed by atoms with Gasteiger partial charge >= 0.3 is 0 Å². The molecule has 0 saturated carbocycles. The van der Waals surface area contributed by atoms with Crippen molar-refractivity contribution >= 4 is 73.5 Å². The zero-order valence-corrected chi connectivity index (χ0v) is 29.9. The largest absolute Gasteiger partial charge is 0.366 e. The molecule has 16 nitrogen and oxygen atoms in total. The van der Waals surface area contributed by atoms with Crippen molar-refractivity contribution in [2.24, 2.45) is 11.5 Å². The number of carbonyl (C=O) groups is 4. The van der Waals surface area contributed by atoms with Crippen LogP contribution in [0.4, 0.5) is 11.9 Å². The molecule has 0 aliphatic rings. The minimum atomic E-state index is -0.618. The zero-order chi connectivity index (χ0) is 36.6. The van der Waals surface area contributed by atoms with E-state index < -0.39 is 23.6 Å². The summed E-state index contributed by atoms with van der Waals surface area (Å²) in [6.45, 7) is 8.93. The number of carbonyl (C=O) groups excluding carboxylic acids is 4.